The van der Waals surface area contributed by atoms with Crippen LogP contribution in [0, 0.1) is 11.8 Å². The average molecular weight is 358 g/mol. The summed E-state index contributed by atoms with van der Waals surface area (Å²) in [6.45, 7) is 0. The van der Waals surface area contributed by atoms with Gasteiger partial charge in [-0.3, -0.25) is 19.2 Å². The Morgan fingerprint density at radius 1 is 1.00 bits per heavy atom. The summed E-state index contributed by atoms with van der Waals surface area (Å²) in [5, 5.41) is 17.6. The molecule has 0 aliphatic heterocycles. The van der Waals surface area contributed by atoms with Crippen LogP contribution in [-0.4, -0.2) is 45.2 Å². The Kier molecular flexibility index (Phi) is 9.03. The molecule has 1 aliphatic rings. The van der Waals surface area contributed by atoms with Gasteiger partial charge in [-0.05, 0) is 37.9 Å². The predicted molar refractivity (Wildman–Crippen MR) is 91.1 cm³/mol. The fourth-order valence-corrected chi connectivity index (χ4v) is 4.36. The maximum absolute atomic E-state index is 12.2. The van der Waals surface area contributed by atoms with Crippen LogP contribution >= 0.6 is 11.8 Å². The first-order valence-corrected chi connectivity index (χ1v) is 9.64. The Bertz CT molecular complexity index is 476. The largest absolute Gasteiger partial charge is 0.481 e. The van der Waals surface area contributed by atoms with E-state index >= 15 is 0 Å². The van der Waals surface area contributed by atoms with E-state index in [0.717, 1.165) is 0 Å². The van der Waals surface area contributed by atoms with Crippen molar-refractivity contribution in [3.8, 4) is 0 Å². The molecule has 0 aromatic rings. The molecule has 0 aromatic heterocycles. The summed E-state index contributed by atoms with van der Waals surface area (Å²) < 4.78 is 0. The first-order chi connectivity index (χ1) is 11.3. The molecule has 24 heavy (non-hydrogen) atoms. The summed E-state index contributed by atoms with van der Waals surface area (Å²) in [6, 6.07) is 0. The minimum atomic E-state index is -0.859. The molecular weight excluding hydrogens is 332 g/mol. The lowest BCUT2D eigenvalue weighted by Crippen LogP contribution is -2.21. The molecule has 2 N–H and O–H groups in total. The molecule has 7 heteroatoms. The molecule has 0 bridgehead atoms. The number of ketones is 2. The predicted octanol–water partition coefficient (Wildman–Crippen LogP) is 2.78. The maximum atomic E-state index is 12.2. The summed E-state index contributed by atoms with van der Waals surface area (Å²) in [5.41, 5.74) is 0. The van der Waals surface area contributed by atoms with Crippen molar-refractivity contribution >= 4 is 35.3 Å². The zero-order chi connectivity index (χ0) is 18.1. The summed E-state index contributed by atoms with van der Waals surface area (Å²) in [5.74, 6) is -1.71. The van der Waals surface area contributed by atoms with Crippen molar-refractivity contribution in [3.05, 3.63) is 0 Å². The molecule has 6 nitrogen and oxygen atoms in total. The molecular formula is C17H26O6S. The summed E-state index contributed by atoms with van der Waals surface area (Å²) >= 11 is 1.60. The number of aliphatic carboxylic acids is 2. The van der Waals surface area contributed by atoms with Crippen molar-refractivity contribution in [1.82, 2.24) is 0 Å². The number of rotatable bonds is 12. The van der Waals surface area contributed by atoms with E-state index in [1.165, 1.54) is 0 Å². The highest BCUT2D eigenvalue weighted by molar-refractivity contribution is 7.99. The fraction of sp³-hybridized carbons (Fsp3) is 0.765. The number of carboxylic acid groups (broad SMARTS) is 2. The van der Waals surface area contributed by atoms with Crippen molar-refractivity contribution in [2.75, 3.05) is 6.26 Å². The molecule has 0 aromatic carbocycles. The molecule has 0 saturated heterocycles. The Morgan fingerprint density at radius 2 is 1.62 bits per heavy atom. The monoisotopic (exact) mass is 358 g/mol. The second-order valence-electron chi connectivity index (χ2n) is 6.33. The van der Waals surface area contributed by atoms with Crippen molar-refractivity contribution in [2.24, 2.45) is 11.8 Å². The van der Waals surface area contributed by atoms with E-state index in [1.807, 2.05) is 6.26 Å². The van der Waals surface area contributed by atoms with Gasteiger partial charge in [-0.2, -0.15) is 11.8 Å². The number of carbonyl (C=O) groups excluding carboxylic acids is 2. The van der Waals surface area contributed by atoms with Gasteiger partial charge in [-0.25, -0.2) is 0 Å². The third kappa shape index (κ3) is 7.03. The van der Waals surface area contributed by atoms with Crippen LogP contribution in [0.3, 0.4) is 0 Å². The molecule has 0 spiro atoms. The van der Waals surface area contributed by atoms with Crippen LogP contribution in [0.1, 0.15) is 57.8 Å². The lowest BCUT2D eigenvalue weighted by atomic mass is 9.86. The van der Waals surface area contributed by atoms with Crippen LogP contribution in [-0.2, 0) is 19.2 Å². The molecule has 1 rings (SSSR count). The van der Waals surface area contributed by atoms with Gasteiger partial charge in [-0.1, -0.05) is 0 Å². The molecule has 1 saturated carbocycles. The summed E-state index contributed by atoms with van der Waals surface area (Å²) in [6.07, 6.45) is 5.18. The number of hydrogen-bond acceptors (Lipinski definition) is 5. The summed E-state index contributed by atoms with van der Waals surface area (Å²) in [4.78, 5) is 45.4. The van der Waals surface area contributed by atoms with Crippen molar-refractivity contribution in [3.63, 3.8) is 0 Å². The number of thioether (sulfide) groups is 1. The molecule has 0 radical (unpaired) electrons. The molecule has 136 valence electrons. The van der Waals surface area contributed by atoms with Crippen LogP contribution in [0.4, 0.5) is 0 Å². The fourth-order valence-electron chi connectivity index (χ4n) is 3.35. The van der Waals surface area contributed by atoms with E-state index < -0.39 is 11.9 Å². The molecule has 0 amide bonds. The maximum Gasteiger partial charge on any atom is 0.303 e. The van der Waals surface area contributed by atoms with Gasteiger partial charge in [0.15, 0.2) is 0 Å². The highest BCUT2D eigenvalue weighted by atomic mass is 32.2. The first kappa shape index (κ1) is 20.7. The van der Waals surface area contributed by atoms with Gasteiger partial charge in [0, 0.05) is 43.3 Å². The van der Waals surface area contributed by atoms with Gasteiger partial charge < -0.3 is 10.2 Å². The molecule has 0 heterocycles. The second-order valence-corrected chi connectivity index (χ2v) is 7.40. The number of Topliss-reactive ketones (excluding diaryl/α,β-unsaturated/α-hetero) is 2. The quantitative estimate of drug-likeness (QED) is 0.516. The zero-order valence-corrected chi connectivity index (χ0v) is 14.8. The van der Waals surface area contributed by atoms with E-state index in [-0.39, 0.29) is 41.5 Å². The van der Waals surface area contributed by atoms with E-state index in [0.29, 0.717) is 44.9 Å². The first-order valence-electron chi connectivity index (χ1n) is 8.36. The van der Waals surface area contributed by atoms with E-state index in [1.54, 1.807) is 11.8 Å². The van der Waals surface area contributed by atoms with E-state index in [4.69, 9.17) is 10.2 Å². The molecule has 1 fully saturated rings. The van der Waals surface area contributed by atoms with Crippen LogP contribution in [0.25, 0.3) is 0 Å². The number of carboxylic acids is 2. The van der Waals surface area contributed by atoms with Gasteiger partial charge in [0.05, 0.1) is 0 Å². The lowest BCUT2D eigenvalue weighted by Gasteiger charge is -2.22. The van der Waals surface area contributed by atoms with Crippen molar-refractivity contribution in [1.29, 1.82) is 0 Å². The standard InChI is InChI=1S/C17H26O6S/c1-24-15-10-14(19)12(13(15)8-9-17(22)23)7-6-11(18)4-2-3-5-16(20)21/h12-13,15H,2-10H2,1H3,(H,20,21)(H,22,23)/t12-,13-,15?/m1/s1. The van der Waals surface area contributed by atoms with Gasteiger partial charge >= 0.3 is 11.9 Å². The van der Waals surface area contributed by atoms with Crippen LogP contribution < -0.4 is 0 Å². The van der Waals surface area contributed by atoms with Crippen LogP contribution in [0.5, 0.6) is 0 Å². The summed E-state index contributed by atoms with van der Waals surface area (Å²) in [7, 11) is 0. The third-order valence-electron chi connectivity index (χ3n) is 4.64. The van der Waals surface area contributed by atoms with E-state index in [9.17, 15) is 19.2 Å². The van der Waals surface area contributed by atoms with Gasteiger partial charge in [0.1, 0.15) is 11.6 Å². The number of carbonyl (C=O) groups is 4. The van der Waals surface area contributed by atoms with Crippen LogP contribution in [0.15, 0.2) is 0 Å². The van der Waals surface area contributed by atoms with E-state index in [2.05, 4.69) is 0 Å². The zero-order valence-electron chi connectivity index (χ0n) is 14.0. The van der Waals surface area contributed by atoms with Crippen LogP contribution in [0.2, 0.25) is 0 Å². The topological polar surface area (TPSA) is 109 Å². The van der Waals surface area contributed by atoms with Crippen molar-refractivity contribution in [2.45, 2.75) is 63.0 Å². The molecule has 1 unspecified atom stereocenters. The van der Waals surface area contributed by atoms with Gasteiger partial charge in [0.2, 0.25) is 0 Å². The smallest absolute Gasteiger partial charge is 0.303 e. The highest BCUT2D eigenvalue weighted by Gasteiger charge is 2.41. The Labute approximate surface area is 146 Å². The van der Waals surface area contributed by atoms with Gasteiger partial charge in [0.25, 0.3) is 0 Å². The minimum absolute atomic E-state index is 0.0309. The molecule has 1 aliphatic carbocycles. The third-order valence-corrected chi connectivity index (χ3v) is 5.76. The number of unbranched alkanes of at least 4 members (excludes halogenated alkanes) is 1. The Hall–Kier alpha value is -1.37. The van der Waals surface area contributed by atoms with Crippen molar-refractivity contribution < 1.29 is 29.4 Å². The second kappa shape index (κ2) is 10.5. The van der Waals surface area contributed by atoms with Gasteiger partial charge in [-0.15, -0.1) is 0 Å². The Balaban J connectivity index is 2.44. The SMILES string of the molecule is CSC1CC(=O)[C@H](CCC(=O)CCCCC(=O)O)[C@H]1CCC(=O)O. The minimum Gasteiger partial charge on any atom is -0.481 e. The lowest BCUT2D eigenvalue weighted by molar-refractivity contribution is -0.138. The molecule has 3 atom stereocenters. The highest BCUT2D eigenvalue weighted by Crippen LogP contribution is 2.41. The normalized spacial score (nSPS) is 23.4. The number of hydrogen-bond donors (Lipinski definition) is 2. The Morgan fingerprint density at radius 3 is 2.21 bits per heavy atom. The average Bonchev–Trinajstić information content (AvgIpc) is 2.82.